The molecule has 0 spiro atoms. The van der Waals surface area contributed by atoms with E-state index in [1.165, 1.54) is 30.4 Å². The van der Waals surface area contributed by atoms with Crippen molar-refractivity contribution < 1.29 is 20.4 Å². The van der Waals surface area contributed by atoms with Crippen molar-refractivity contribution in [2.24, 2.45) is 21.8 Å². The van der Waals surface area contributed by atoms with Crippen LogP contribution in [0.4, 0.5) is 11.4 Å². The van der Waals surface area contributed by atoms with Crippen molar-refractivity contribution in [1.82, 2.24) is 0 Å². The molecule has 25 heavy (non-hydrogen) atoms. The molecule has 2 nitrogen and oxygen atoms in total. The van der Waals surface area contributed by atoms with E-state index in [9.17, 15) is 0 Å². The zero-order valence-corrected chi connectivity index (χ0v) is 16.8. The maximum atomic E-state index is 4.72. The Hall–Kier alpha value is -1.56. The van der Waals surface area contributed by atoms with Crippen molar-refractivity contribution in [3.05, 3.63) is 67.1 Å². The Bertz CT molecular complexity index is 660. The van der Waals surface area contributed by atoms with Crippen molar-refractivity contribution in [2.45, 2.75) is 33.1 Å². The summed E-state index contributed by atoms with van der Waals surface area (Å²) in [5.41, 5.74) is 4.61. The average Bonchev–Trinajstić information content (AvgIpc) is 3.01. The third-order valence-electron chi connectivity index (χ3n) is 4.67. The number of aryl methyl sites for hydroxylation is 2. The van der Waals surface area contributed by atoms with E-state index in [2.05, 4.69) is 62.7 Å². The summed E-state index contributed by atoms with van der Waals surface area (Å²) in [4.78, 5) is 9.45. The van der Waals surface area contributed by atoms with Gasteiger partial charge in [-0.1, -0.05) is 42.8 Å². The molecule has 2 atom stereocenters. The van der Waals surface area contributed by atoms with Crippen LogP contribution in [0.1, 0.15) is 30.4 Å². The topological polar surface area (TPSA) is 24.7 Å². The molecule has 2 aromatic carbocycles. The zero-order valence-electron chi connectivity index (χ0n) is 15.3. The van der Waals surface area contributed by atoms with Crippen LogP contribution in [0.3, 0.4) is 0 Å². The van der Waals surface area contributed by atoms with E-state index in [1.807, 2.05) is 12.1 Å². The molecule has 3 rings (SSSR count). The fourth-order valence-electron chi connectivity index (χ4n) is 3.16. The molecule has 0 saturated heterocycles. The summed E-state index contributed by atoms with van der Waals surface area (Å²) in [6.45, 7) is 4.22. The number of aliphatic imine (C=N–C) groups is 2. The van der Waals surface area contributed by atoms with Crippen molar-refractivity contribution in [3.63, 3.8) is 0 Å². The van der Waals surface area contributed by atoms with E-state index < -0.39 is 0 Å². The molecular formula is C22H27N2Pd-. The molecule has 3 heteroatoms. The molecule has 1 fully saturated rings. The van der Waals surface area contributed by atoms with Gasteiger partial charge in [-0.15, -0.1) is 0 Å². The van der Waals surface area contributed by atoms with Crippen LogP contribution in [0.5, 0.6) is 0 Å². The first-order valence-corrected chi connectivity index (χ1v) is 8.43. The minimum absolute atomic E-state index is 0. The van der Waals surface area contributed by atoms with Gasteiger partial charge in [0.1, 0.15) is 0 Å². The van der Waals surface area contributed by atoms with E-state index in [-0.39, 0.29) is 27.8 Å². The van der Waals surface area contributed by atoms with Gasteiger partial charge < -0.3 is 7.43 Å². The predicted molar refractivity (Wildman–Crippen MR) is 106 cm³/mol. The first kappa shape index (κ1) is 21.5. The monoisotopic (exact) mass is 425 g/mol. The van der Waals surface area contributed by atoms with Gasteiger partial charge in [0, 0.05) is 44.7 Å². The van der Waals surface area contributed by atoms with E-state index in [0.717, 1.165) is 11.4 Å². The first-order valence-electron chi connectivity index (χ1n) is 8.43. The fourth-order valence-corrected chi connectivity index (χ4v) is 3.16. The van der Waals surface area contributed by atoms with Crippen LogP contribution in [0.25, 0.3) is 0 Å². The Labute approximate surface area is 166 Å². The smallest absolute Gasteiger partial charge is 0.0654 e. The summed E-state index contributed by atoms with van der Waals surface area (Å²) < 4.78 is 0. The van der Waals surface area contributed by atoms with Gasteiger partial charge in [-0.3, -0.25) is 9.98 Å². The Morgan fingerprint density at radius 1 is 0.760 bits per heavy atom. The first-order chi connectivity index (χ1) is 11.2. The molecule has 0 bridgehead atoms. The minimum atomic E-state index is 0. The largest absolute Gasteiger partial charge is 0.358 e. The van der Waals surface area contributed by atoms with E-state index in [1.54, 1.807) is 0 Å². The Morgan fingerprint density at radius 3 is 1.56 bits per heavy atom. The van der Waals surface area contributed by atoms with Crippen LogP contribution in [0.2, 0.25) is 0 Å². The zero-order chi connectivity index (χ0) is 16.1. The standard InChI is InChI=1S/C21H24N2.CH3.Pd/c1-16-8-3-5-12-20(16)22-14-18-10-7-11-19(18)15-23-21-13-6-4-9-17(21)2;;/h3-6,8-9,12-15,18-19H,7,10-11H2,1-2H3;1H3;/q;-1;. The van der Waals surface area contributed by atoms with Gasteiger partial charge in [0.25, 0.3) is 0 Å². The summed E-state index contributed by atoms with van der Waals surface area (Å²) in [6, 6.07) is 16.6. The molecule has 1 aliphatic rings. The van der Waals surface area contributed by atoms with Gasteiger partial charge >= 0.3 is 0 Å². The van der Waals surface area contributed by atoms with Gasteiger partial charge in [0.05, 0.1) is 11.4 Å². The number of hydrogen-bond donors (Lipinski definition) is 0. The SMILES string of the molecule is Cc1ccccc1N=CC1CCCC1C=Nc1ccccc1C.[CH3-].[Pd]. The van der Waals surface area contributed by atoms with Crippen LogP contribution in [0.15, 0.2) is 58.5 Å². The summed E-state index contributed by atoms with van der Waals surface area (Å²) >= 11 is 0. The number of nitrogens with zero attached hydrogens (tertiary/aromatic N) is 2. The molecule has 0 aliphatic heterocycles. The van der Waals surface area contributed by atoms with Gasteiger partial charge in [-0.25, -0.2) is 0 Å². The van der Waals surface area contributed by atoms with Crippen LogP contribution in [-0.4, -0.2) is 12.4 Å². The number of rotatable bonds is 4. The summed E-state index contributed by atoms with van der Waals surface area (Å²) in [5, 5.41) is 0. The molecule has 1 saturated carbocycles. The Morgan fingerprint density at radius 2 is 1.16 bits per heavy atom. The summed E-state index contributed by atoms with van der Waals surface area (Å²) in [5.74, 6) is 1.00. The van der Waals surface area contributed by atoms with Gasteiger partial charge in [-0.05, 0) is 49.9 Å². The van der Waals surface area contributed by atoms with Gasteiger partial charge in [0.2, 0.25) is 0 Å². The fraction of sp³-hybridized carbons (Fsp3) is 0.318. The Balaban J connectivity index is 0.00000156. The minimum Gasteiger partial charge on any atom is -0.358 e. The second-order valence-electron chi connectivity index (χ2n) is 6.39. The number of para-hydroxylation sites is 2. The molecule has 0 radical (unpaired) electrons. The second kappa shape index (κ2) is 10.4. The molecule has 136 valence electrons. The van der Waals surface area contributed by atoms with Crippen LogP contribution < -0.4 is 0 Å². The average molecular weight is 426 g/mol. The van der Waals surface area contributed by atoms with Crippen LogP contribution >= 0.6 is 0 Å². The van der Waals surface area contributed by atoms with E-state index in [0.29, 0.717) is 11.8 Å². The molecule has 0 heterocycles. The van der Waals surface area contributed by atoms with Crippen molar-refractivity contribution >= 4 is 23.8 Å². The Kier molecular flexibility index (Phi) is 8.97. The van der Waals surface area contributed by atoms with E-state index in [4.69, 9.17) is 9.98 Å². The maximum Gasteiger partial charge on any atom is 0.0654 e. The van der Waals surface area contributed by atoms with Gasteiger partial charge in [-0.2, -0.15) is 0 Å². The molecular weight excluding hydrogens is 399 g/mol. The molecule has 2 aromatic rings. The van der Waals surface area contributed by atoms with Crippen molar-refractivity contribution in [1.29, 1.82) is 0 Å². The number of hydrogen-bond acceptors (Lipinski definition) is 2. The third-order valence-corrected chi connectivity index (χ3v) is 4.67. The molecule has 0 N–H and O–H groups in total. The molecule has 2 unspecified atom stereocenters. The normalized spacial score (nSPS) is 19.8. The van der Waals surface area contributed by atoms with Crippen molar-refractivity contribution in [3.8, 4) is 0 Å². The number of benzene rings is 2. The van der Waals surface area contributed by atoms with Crippen molar-refractivity contribution in [2.75, 3.05) is 0 Å². The predicted octanol–water partition coefficient (Wildman–Crippen LogP) is 6.27. The molecule has 1 aliphatic carbocycles. The molecule has 0 amide bonds. The maximum absolute atomic E-state index is 4.72. The molecule has 0 aromatic heterocycles. The van der Waals surface area contributed by atoms with Crippen LogP contribution in [0, 0.1) is 33.1 Å². The summed E-state index contributed by atoms with van der Waals surface area (Å²) in [7, 11) is 0. The third kappa shape index (κ3) is 5.73. The van der Waals surface area contributed by atoms with Gasteiger partial charge in [0.15, 0.2) is 0 Å². The van der Waals surface area contributed by atoms with E-state index >= 15 is 0 Å². The quantitative estimate of drug-likeness (QED) is 0.313. The second-order valence-corrected chi connectivity index (χ2v) is 6.39. The van der Waals surface area contributed by atoms with Crippen LogP contribution in [-0.2, 0) is 20.4 Å². The summed E-state index contributed by atoms with van der Waals surface area (Å²) in [6.07, 6.45) is 7.96.